The number of nitrogens with zero attached hydrogens (tertiary/aromatic N) is 3. The number of rotatable bonds is 5. The zero-order valence-electron chi connectivity index (χ0n) is 17.3. The van der Waals surface area contributed by atoms with Crippen molar-refractivity contribution in [2.75, 3.05) is 32.8 Å². The largest absolute Gasteiger partial charge is 0.379 e. The number of amides is 1. The van der Waals surface area contributed by atoms with E-state index in [1.54, 1.807) is 19.1 Å². The van der Waals surface area contributed by atoms with Crippen molar-refractivity contribution in [3.05, 3.63) is 46.5 Å². The minimum absolute atomic E-state index is 0.0228. The summed E-state index contributed by atoms with van der Waals surface area (Å²) in [5.74, 6) is -0.554. The topological polar surface area (TPSA) is 59.4 Å². The van der Waals surface area contributed by atoms with Crippen LogP contribution < -0.4 is 5.32 Å². The van der Waals surface area contributed by atoms with Crippen LogP contribution in [0.25, 0.3) is 5.69 Å². The van der Waals surface area contributed by atoms with Crippen molar-refractivity contribution in [3.63, 3.8) is 0 Å². The number of benzene rings is 1. The van der Waals surface area contributed by atoms with E-state index in [1.165, 1.54) is 36.1 Å². The molecule has 2 aromatic rings. The molecule has 1 aromatic carbocycles. The Morgan fingerprint density at radius 2 is 1.87 bits per heavy atom. The van der Waals surface area contributed by atoms with Gasteiger partial charge in [-0.15, -0.1) is 0 Å². The Bertz CT molecular complexity index is 887. The number of carbonyl (C=O) groups excluding carboxylic acids is 1. The molecule has 1 saturated carbocycles. The van der Waals surface area contributed by atoms with Crippen molar-refractivity contribution in [3.8, 4) is 5.69 Å². The Hall–Kier alpha value is -1.96. The maximum absolute atomic E-state index is 13.2. The van der Waals surface area contributed by atoms with Crippen LogP contribution in [0.15, 0.2) is 24.3 Å². The third-order valence-electron chi connectivity index (χ3n) is 6.35. The predicted octanol–water partition coefficient (Wildman–Crippen LogP) is 3.74. The lowest BCUT2D eigenvalue weighted by molar-refractivity contribution is -0.0361. The van der Waals surface area contributed by atoms with Crippen molar-refractivity contribution in [1.82, 2.24) is 20.0 Å². The van der Waals surface area contributed by atoms with Gasteiger partial charge in [0.1, 0.15) is 11.0 Å². The molecule has 1 aliphatic heterocycles. The summed E-state index contributed by atoms with van der Waals surface area (Å²) in [5.41, 5.74) is 1.51. The number of carbonyl (C=O) groups is 1. The highest BCUT2D eigenvalue weighted by molar-refractivity contribution is 6.33. The lowest BCUT2D eigenvalue weighted by Gasteiger charge is -2.48. The molecule has 0 unspecified atom stereocenters. The third-order valence-corrected chi connectivity index (χ3v) is 6.70. The Morgan fingerprint density at radius 3 is 2.53 bits per heavy atom. The molecule has 1 saturated heterocycles. The van der Waals surface area contributed by atoms with Gasteiger partial charge in [0.15, 0.2) is 0 Å². The molecule has 30 heavy (non-hydrogen) atoms. The average Bonchev–Trinajstić information content (AvgIpc) is 3.08. The normalized spacial score (nSPS) is 19.6. The first-order valence-electron chi connectivity index (χ1n) is 10.6. The fourth-order valence-electron chi connectivity index (χ4n) is 4.70. The van der Waals surface area contributed by atoms with Gasteiger partial charge in [-0.1, -0.05) is 30.9 Å². The van der Waals surface area contributed by atoms with Crippen LogP contribution in [-0.2, 0) is 4.74 Å². The molecule has 162 valence electrons. The van der Waals surface area contributed by atoms with Crippen molar-refractivity contribution in [1.29, 1.82) is 0 Å². The van der Waals surface area contributed by atoms with Gasteiger partial charge in [-0.3, -0.25) is 9.69 Å². The van der Waals surface area contributed by atoms with E-state index in [9.17, 15) is 9.18 Å². The Morgan fingerprint density at radius 1 is 1.20 bits per heavy atom. The highest BCUT2D eigenvalue weighted by Crippen LogP contribution is 2.34. The first-order valence-corrected chi connectivity index (χ1v) is 11.0. The molecule has 4 rings (SSSR count). The van der Waals surface area contributed by atoms with Gasteiger partial charge in [-0.2, -0.15) is 5.10 Å². The molecule has 0 bridgehead atoms. The second kappa shape index (κ2) is 9.04. The van der Waals surface area contributed by atoms with Gasteiger partial charge in [0.25, 0.3) is 5.91 Å². The summed E-state index contributed by atoms with van der Waals surface area (Å²) in [4.78, 5) is 15.6. The lowest BCUT2D eigenvalue weighted by Crippen LogP contribution is -2.59. The Balaban J connectivity index is 1.52. The fourth-order valence-corrected chi connectivity index (χ4v) is 5.05. The van der Waals surface area contributed by atoms with E-state index < -0.39 is 0 Å². The summed E-state index contributed by atoms with van der Waals surface area (Å²) in [6, 6.07) is 5.87. The van der Waals surface area contributed by atoms with Crippen LogP contribution in [0.1, 0.15) is 48.2 Å². The van der Waals surface area contributed by atoms with Gasteiger partial charge in [-0.05, 0) is 44.0 Å². The van der Waals surface area contributed by atoms with Crippen molar-refractivity contribution in [2.24, 2.45) is 0 Å². The molecule has 0 radical (unpaired) electrons. The van der Waals surface area contributed by atoms with Crippen molar-refractivity contribution < 1.29 is 13.9 Å². The molecule has 1 aromatic heterocycles. The molecule has 1 amide bonds. The maximum atomic E-state index is 13.2. The molecule has 0 atom stereocenters. The standard InChI is InChI=1S/C22H28ClFN4O2/c1-16-19(20(23)28(26-16)18-7-5-17(24)6-8-18)21(29)25-15-22(9-3-2-4-10-22)27-11-13-30-14-12-27/h5-8H,2-4,9-15H2,1H3,(H,25,29). The smallest absolute Gasteiger partial charge is 0.256 e. The highest BCUT2D eigenvalue weighted by Gasteiger charge is 2.39. The quantitative estimate of drug-likeness (QED) is 0.778. The van der Waals surface area contributed by atoms with Crippen LogP contribution in [0.5, 0.6) is 0 Å². The van der Waals surface area contributed by atoms with E-state index in [0.717, 1.165) is 39.1 Å². The van der Waals surface area contributed by atoms with Gasteiger partial charge in [0.2, 0.25) is 0 Å². The number of aromatic nitrogens is 2. The zero-order valence-corrected chi connectivity index (χ0v) is 18.1. The Labute approximate surface area is 181 Å². The number of nitrogens with one attached hydrogen (secondary N) is 1. The second-order valence-electron chi connectivity index (χ2n) is 8.21. The van der Waals surface area contributed by atoms with E-state index in [4.69, 9.17) is 16.3 Å². The lowest BCUT2D eigenvalue weighted by atomic mass is 9.79. The van der Waals surface area contributed by atoms with Crippen LogP contribution in [-0.4, -0.2) is 59.0 Å². The molecule has 0 spiro atoms. The molecule has 6 nitrogen and oxygen atoms in total. The number of halogens is 2. The summed E-state index contributed by atoms with van der Waals surface area (Å²) in [6.45, 7) is 5.63. The van der Waals surface area contributed by atoms with Gasteiger partial charge < -0.3 is 10.1 Å². The van der Waals surface area contributed by atoms with E-state index in [0.29, 0.717) is 23.5 Å². The maximum Gasteiger partial charge on any atom is 0.256 e. The summed E-state index contributed by atoms with van der Waals surface area (Å²) >= 11 is 6.52. The van der Waals surface area contributed by atoms with E-state index in [1.807, 2.05) is 0 Å². The van der Waals surface area contributed by atoms with Crippen molar-refractivity contribution in [2.45, 2.75) is 44.6 Å². The van der Waals surface area contributed by atoms with Gasteiger partial charge in [0.05, 0.1) is 30.2 Å². The zero-order chi connectivity index (χ0) is 21.1. The van der Waals surface area contributed by atoms with Crippen LogP contribution >= 0.6 is 11.6 Å². The number of hydrogen-bond acceptors (Lipinski definition) is 4. The summed E-state index contributed by atoms with van der Waals surface area (Å²) < 4.78 is 20.3. The third kappa shape index (κ3) is 4.24. The summed E-state index contributed by atoms with van der Waals surface area (Å²) in [5, 5.41) is 7.79. The number of hydrogen-bond donors (Lipinski definition) is 1. The van der Waals surface area contributed by atoms with Gasteiger partial charge in [0, 0.05) is 25.2 Å². The Kier molecular flexibility index (Phi) is 6.41. The van der Waals surface area contributed by atoms with Crippen molar-refractivity contribution >= 4 is 17.5 Å². The van der Waals surface area contributed by atoms with E-state index in [-0.39, 0.29) is 22.4 Å². The van der Waals surface area contributed by atoms with Crippen LogP contribution in [0.2, 0.25) is 5.15 Å². The SMILES string of the molecule is Cc1nn(-c2ccc(F)cc2)c(Cl)c1C(=O)NCC1(N2CCOCC2)CCCCC1. The molecule has 8 heteroatoms. The molecular weight excluding hydrogens is 407 g/mol. The first kappa shape index (κ1) is 21.3. The van der Waals surface area contributed by atoms with Gasteiger partial charge >= 0.3 is 0 Å². The van der Waals surface area contributed by atoms with E-state index in [2.05, 4.69) is 15.3 Å². The second-order valence-corrected chi connectivity index (χ2v) is 8.56. The molecular formula is C22H28ClFN4O2. The number of ether oxygens (including phenoxy) is 1. The number of morpholine rings is 1. The highest BCUT2D eigenvalue weighted by atomic mass is 35.5. The molecule has 2 aliphatic rings. The summed E-state index contributed by atoms with van der Waals surface area (Å²) in [6.07, 6.45) is 5.75. The molecule has 1 N–H and O–H groups in total. The number of aryl methyl sites for hydroxylation is 1. The van der Waals surface area contributed by atoms with Crippen LogP contribution in [0.3, 0.4) is 0 Å². The first-order chi connectivity index (χ1) is 14.5. The van der Waals surface area contributed by atoms with Crippen LogP contribution in [0, 0.1) is 12.7 Å². The predicted molar refractivity (Wildman–Crippen MR) is 114 cm³/mol. The monoisotopic (exact) mass is 434 g/mol. The fraction of sp³-hybridized carbons (Fsp3) is 0.545. The average molecular weight is 435 g/mol. The minimum atomic E-state index is -0.336. The molecule has 1 aliphatic carbocycles. The molecule has 2 fully saturated rings. The van der Waals surface area contributed by atoms with E-state index >= 15 is 0 Å². The minimum Gasteiger partial charge on any atom is -0.379 e. The summed E-state index contributed by atoms with van der Waals surface area (Å²) in [7, 11) is 0. The van der Waals surface area contributed by atoms with Gasteiger partial charge in [-0.25, -0.2) is 9.07 Å². The molecule has 2 heterocycles. The van der Waals surface area contributed by atoms with Crippen LogP contribution in [0.4, 0.5) is 4.39 Å².